The van der Waals surface area contributed by atoms with Crippen LogP contribution in [0.4, 0.5) is 5.82 Å². The number of hydrogen-bond donors (Lipinski definition) is 1. The number of nitrogens with zero attached hydrogens (tertiary/aromatic N) is 2. The molecule has 1 heterocycles. The lowest BCUT2D eigenvalue weighted by molar-refractivity contribution is 0.415. The van der Waals surface area contributed by atoms with E-state index in [0.29, 0.717) is 5.82 Å². The summed E-state index contributed by atoms with van der Waals surface area (Å²) in [5.74, 6) is 1.28. The quantitative estimate of drug-likeness (QED) is 0.832. The lowest BCUT2D eigenvalue weighted by Crippen LogP contribution is -1.98. The van der Waals surface area contributed by atoms with Gasteiger partial charge in [-0.1, -0.05) is 12.1 Å². The molecule has 0 aliphatic carbocycles. The fourth-order valence-electron chi connectivity index (χ4n) is 1.63. The average molecular weight is 215 g/mol. The van der Waals surface area contributed by atoms with Gasteiger partial charge in [-0.15, -0.1) is 0 Å². The van der Waals surface area contributed by atoms with E-state index in [1.165, 1.54) is 6.33 Å². The molecule has 0 fully saturated rings. The standard InChI is InChI=1S/C12H13N3O/c1-8-11(12(13)15-7-14-8)9-4-3-5-10(6-9)16-2/h3-7H,1-2H3,(H2,13,14,15). The summed E-state index contributed by atoms with van der Waals surface area (Å²) >= 11 is 0. The molecule has 0 radical (unpaired) electrons. The van der Waals surface area contributed by atoms with Crippen molar-refractivity contribution in [3.05, 3.63) is 36.3 Å². The lowest BCUT2D eigenvalue weighted by atomic mass is 10.0. The Hall–Kier alpha value is -2.10. The first-order chi connectivity index (χ1) is 7.72. The van der Waals surface area contributed by atoms with E-state index in [1.54, 1.807) is 7.11 Å². The molecule has 4 heteroatoms. The van der Waals surface area contributed by atoms with E-state index in [9.17, 15) is 0 Å². The summed E-state index contributed by atoms with van der Waals surface area (Å²) in [5.41, 5.74) is 8.54. The molecule has 2 aromatic rings. The van der Waals surface area contributed by atoms with Crippen molar-refractivity contribution >= 4 is 5.82 Å². The Morgan fingerprint density at radius 1 is 1.25 bits per heavy atom. The Kier molecular flexibility index (Phi) is 2.72. The third-order valence-corrected chi connectivity index (χ3v) is 2.42. The van der Waals surface area contributed by atoms with E-state index in [0.717, 1.165) is 22.6 Å². The molecule has 2 N–H and O–H groups in total. The van der Waals surface area contributed by atoms with Crippen LogP contribution in [0.1, 0.15) is 5.69 Å². The first-order valence-electron chi connectivity index (χ1n) is 4.94. The maximum atomic E-state index is 5.85. The predicted molar refractivity (Wildman–Crippen MR) is 63.2 cm³/mol. The summed E-state index contributed by atoms with van der Waals surface area (Å²) in [7, 11) is 1.64. The lowest BCUT2D eigenvalue weighted by Gasteiger charge is -2.08. The highest BCUT2D eigenvalue weighted by Gasteiger charge is 2.08. The fraction of sp³-hybridized carbons (Fsp3) is 0.167. The van der Waals surface area contributed by atoms with E-state index in [1.807, 2.05) is 31.2 Å². The SMILES string of the molecule is COc1cccc(-c2c(C)ncnc2N)c1. The molecule has 0 aliphatic heterocycles. The molecule has 2 rings (SSSR count). The van der Waals surface area contributed by atoms with E-state index in [2.05, 4.69) is 9.97 Å². The number of nitrogen functional groups attached to an aromatic ring is 1. The molecule has 0 bridgehead atoms. The van der Waals surface area contributed by atoms with Crippen LogP contribution in [0, 0.1) is 6.92 Å². The van der Waals surface area contributed by atoms with Gasteiger partial charge in [-0.25, -0.2) is 9.97 Å². The van der Waals surface area contributed by atoms with Crippen molar-refractivity contribution in [1.29, 1.82) is 0 Å². The van der Waals surface area contributed by atoms with E-state index >= 15 is 0 Å². The second-order valence-electron chi connectivity index (χ2n) is 3.45. The number of methoxy groups -OCH3 is 1. The van der Waals surface area contributed by atoms with E-state index < -0.39 is 0 Å². The first kappa shape index (κ1) is 10.4. The minimum atomic E-state index is 0.487. The highest BCUT2D eigenvalue weighted by atomic mass is 16.5. The van der Waals surface area contributed by atoms with Gasteiger partial charge in [-0.3, -0.25) is 0 Å². The van der Waals surface area contributed by atoms with Crippen LogP contribution in [0.2, 0.25) is 0 Å². The van der Waals surface area contributed by atoms with Crippen molar-refractivity contribution in [2.45, 2.75) is 6.92 Å². The molecule has 0 aliphatic rings. The fourth-order valence-corrected chi connectivity index (χ4v) is 1.63. The van der Waals surface area contributed by atoms with Gasteiger partial charge in [0, 0.05) is 5.56 Å². The zero-order valence-electron chi connectivity index (χ0n) is 9.27. The highest BCUT2D eigenvalue weighted by Crippen LogP contribution is 2.28. The first-order valence-corrected chi connectivity index (χ1v) is 4.94. The summed E-state index contributed by atoms with van der Waals surface area (Å²) in [6, 6.07) is 7.69. The third kappa shape index (κ3) is 1.82. The van der Waals surface area contributed by atoms with Gasteiger partial charge in [0.15, 0.2) is 0 Å². The molecule has 4 nitrogen and oxygen atoms in total. The normalized spacial score (nSPS) is 10.1. The summed E-state index contributed by atoms with van der Waals surface area (Å²) in [6.07, 6.45) is 1.47. The smallest absolute Gasteiger partial charge is 0.134 e. The van der Waals surface area contributed by atoms with Gasteiger partial charge in [0.1, 0.15) is 17.9 Å². The van der Waals surface area contributed by atoms with Crippen LogP contribution >= 0.6 is 0 Å². The van der Waals surface area contributed by atoms with Crippen molar-refractivity contribution in [3.8, 4) is 16.9 Å². The Morgan fingerprint density at radius 2 is 2.06 bits per heavy atom. The number of anilines is 1. The van der Waals surface area contributed by atoms with Crippen LogP contribution in [-0.4, -0.2) is 17.1 Å². The topological polar surface area (TPSA) is 61.0 Å². The van der Waals surface area contributed by atoms with Crippen LogP contribution in [0.5, 0.6) is 5.75 Å². The molecular weight excluding hydrogens is 202 g/mol. The maximum absolute atomic E-state index is 5.85. The number of nitrogens with two attached hydrogens (primary N) is 1. The largest absolute Gasteiger partial charge is 0.497 e. The van der Waals surface area contributed by atoms with Crippen molar-refractivity contribution in [3.63, 3.8) is 0 Å². The molecule has 16 heavy (non-hydrogen) atoms. The van der Waals surface area contributed by atoms with Crippen molar-refractivity contribution in [1.82, 2.24) is 9.97 Å². The van der Waals surface area contributed by atoms with Crippen molar-refractivity contribution < 1.29 is 4.74 Å². The van der Waals surface area contributed by atoms with Gasteiger partial charge in [-0.2, -0.15) is 0 Å². The van der Waals surface area contributed by atoms with Crippen LogP contribution in [0.15, 0.2) is 30.6 Å². The molecule has 0 saturated heterocycles. The average Bonchev–Trinajstić information content (AvgIpc) is 2.29. The number of aromatic nitrogens is 2. The number of benzene rings is 1. The minimum Gasteiger partial charge on any atom is -0.497 e. The monoisotopic (exact) mass is 215 g/mol. The molecule has 82 valence electrons. The van der Waals surface area contributed by atoms with E-state index in [4.69, 9.17) is 10.5 Å². The van der Waals surface area contributed by atoms with Crippen LogP contribution < -0.4 is 10.5 Å². The van der Waals surface area contributed by atoms with Crippen LogP contribution in [-0.2, 0) is 0 Å². The van der Waals surface area contributed by atoms with Gasteiger partial charge >= 0.3 is 0 Å². The second kappa shape index (κ2) is 4.18. The molecule has 0 spiro atoms. The zero-order valence-corrected chi connectivity index (χ0v) is 9.27. The number of hydrogen-bond acceptors (Lipinski definition) is 4. The molecule has 0 amide bonds. The summed E-state index contributed by atoms with van der Waals surface area (Å²) in [6.45, 7) is 1.91. The van der Waals surface area contributed by atoms with E-state index in [-0.39, 0.29) is 0 Å². The molecule has 0 saturated carbocycles. The Labute approximate surface area is 94.1 Å². The van der Waals surface area contributed by atoms with Crippen molar-refractivity contribution in [2.24, 2.45) is 0 Å². The molecule has 0 atom stereocenters. The number of rotatable bonds is 2. The predicted octanol–water partition coefficient (Wildman–Crippen LogP) is 2.04. The van der Waals surface area contributed by atoms with Crippen LogP contribution in [0.25, 0.3) is 11.1 Å². The molecule has 1 aromatic heterocycles. The Balaban J connectivity index is 2.58. The van der Waals surface area contributed by atoms with Gasteiger partial charge in [0.25, 0.3) is 0 Å². The summed E-state index contributed by atoms with van der Waals surface area (Å²) < 4.78 is 5.17. The Morgan fingerprint density at radius 3 is 2.75 bits per heavy atom. The van der Waals surface area contributed by atoms with Gasteiger partial charge in [0.05, 0.1) is 12.8 Å². The third-order valence-electron chi connectivity index (χ3n) is 2.42. The van der Waals surface area contributed by atoms with Gasteiger partial charge in [0.2, 0.25) is 0 Å². The van der Waals surface area contributed by atoms with Gasteiger partial charge in [-0.05, 0) is 24.6 Å². The molecule has 0 unspecified atom stereocenters. The van der Waals surface area contributed by atoms with Gasteiger partial charge < -0.3 is 10.5 Å². The summed E-state index contributed by atoms with van der Waals surface area (Å²) in [5, 5.41) is 0. The van der Waals surface area contributed by atoms with Crippen LogP contribution in [0.3, 0.4) is 0 Å². The maximum Gasteiger partial charge on any atom is 0.134 e. The van der Waals surface area contributed by atoms with Crippen molar-refractivity contribution in [2.75, 3.05) is 12.8 Å². The summed E-state index contributed by atoms with van der Waals surface area (Å²) in [4.78, 5) is 8.14. The minimum absolute atomic E-state index is 0.487. The highest BCUT2D eigenvalue weighted by molar-refractivity contribution is 5.76. The second-order valence-corrected chi connectivity index (χ2v) is 3.45. The molecular formula is C12H13N3O. The Bertz CT molecular complexity index is 491. The number of aryl methyl sites for hydroxylation is 1. The zero-order chi connectivity index (χ0) is 11.5. The molecule has 1 aromatic carbocycles. The number of ether oxygens (including phenoxy) is 1.